The standard InChI is InChI=1S/C14H16ClN3OS/c1-16-13-12(15)8-10(9-17-13)14(19)18(2)6-5-11-4-3-7-20-11/h3-4,7-9H,5-6H2,1-2H3,(H,16,17). The Labute approximate surface area is 127 Å². The average Bonchev–Trinajstić information content (AvgIpc) is 2.97. The van der Waals surface area contributed by atoms with E-state index in [1.165, 1.54) is 4.88 Å². The third-order valence-electron chi connectivity index (χ3n) is 2.95. The summed E-state index contributed by atoms with van der Waals surface area (Å²) < 4.78 is 0. The quantitative estimate of drug-likeness (QED) is 0.923. The number of nitrogens with one attached hydrogen (secondary N) is 1. The van der Waals surface area contributed by atoms with Crippen molar-refractivity contribution in [1.82, 2.24) is 9.88 Å². The molecule has 2 aromatic heterocycles. The van der Waals surface area contributed by atoms with Gasteiger partial charge in [0.05, 0.1) is 10.6 Å². The van der Waals surface area contributed by atoms with Crippen LogP contribution in [0.4, 0.5) is 5.82 Å². The molecule has 2 rings (SSSR count). The average molecular weight is 310 g/mol. The van der Waals surface area contributed by atoms with Gasteiger partial charge in [-0.15, -0.1) is 11.3 Å². The maximum atomic E-state index is 12.3. The molecular weight excluding hydrogens is 294 g/mol. The van der Waals surface area contributed by atoms with Crippen molar-refractivity contribution in [3.05, 3.63) is 45.2 Å². The molecule has 0 saturated carbocycles. The lowest BCUT2D eigenvalue weighted by atomic mass is 10.2. The number of carbonyl (C=O) groups is 1. The van der Waals surface area contributed by atoms with Crippen LogP contribution in [0.1, 0.15) is 15.2 Å². The number of hydrogen-bond donors (Lipinski definition) is 1. The van der Waals surface area contributed by atoms with E-state index in [-0.39, 0.29) is 5.91 Å². The van der Waals surface area contributed by atoms with E-state index in [9.17, 15) is 4.79 Å². The zero-order chi connectivity index (χ0) is 14.5. The van der Waals surface area contributed by atoms with Gasteiger partial charge >= 0.3 is 0 Å². The minimum Gasteiger partial charge on any atom is -0.372 e. The van der Waals surface area contributed by atoms with Crippen LogP contribution in [0.3, 0.4) is 0 Å². The number of carbonyl (C=O) groups excluding carboxylic acids is 1. The first-order valence-corrected chi connectivity index (χ1v) is 7.48. The second-order valence-corrected chi connectivity index (χ2v) is 5.80. The number of amides is 1. The number of rotatable bonds is 5. The minimum atomic E-state index is -0.0707. The van der Waals surface area contributed by atoms with Crippen molar-refractivity contribution in [3.8, 4) is 0 Å². The molecule has 2 aromatic rings. The molecule has 0 bridgehead atoms. The molecule has 20 heavy (non-hydrogen) atoms. The molecule has 2 heterocycles. The SMILES string of the molecule is CNc1ncc(C(=O)N(C)CCc2cccs2)cc1Cl. The van der Waals surface area contributed by atoms with Crippen LogP contribution in [-0.2, 0) is 6.42 Å². The maximum absolute atomic E-state index is 12.3. The van der Waals surface area contributed by atoms with Gasteiger partial charge in [0.25, 0.3) is 5.91 Å². The van der Waals surface area contributed by atoms with Gasteiger partial charge < -0.3 is 10.2 Å². The van der Waals surface area contributed by atoms with Crippen LogP contribution in [-0.4, -0.2) is 36.4 Å². The van der Waals surface area contributed by atoms with Crippen LogP contribution in [0.25, 0.3) is 0 Å². The Morgan fingerprint density at radius 1 is 1.55 bits per heavy atom. The van der Waals surface area contributed by atoms with Crippen molar-refractivity contribution in [2.24, 2.45) is 0 Å². The summed E-state index contributed by atoms with van der Waals surface area (Å²) in [5.41, 5.74) is 0.502. The Balaban J connectivity index is 2.01. The highest BCUT2D eigenvalue weighted by Gasteiger charge is 2.14. The van der Waals surface area contributed by atoms with Gasteiger partial charge in [-0.2, -0.15) is 0 Å². The molecule has 0 saturated heterocycles. The summed E-state index contributed by atoms with van der Waals surface area (Å²) in [6, 6.07) is 5.73. The lowest BCUT2D eigenvalue weighted by Gasteiger charge is -2.17. The second kappa shape index (κ2) is 6.72. The second-order valence-electron chi connectivity index (χ2n) is 4.36. The molecule has 0 atom stereocenters. The molecule has 0 fully saturated rings. The Hall–Kier alpha value is -1.59. The van der Waals surface area contributed by atoms with Crippen molar-refractivity contribution < 1.29 is 4.79 Å². The molecule has 0 aliphatic carbocycles. The number of nitrogens with zero attached hydrogens (tertiary/aromatic N) is 2. The largest absolute Gasteiger partial charge is 0.372 e. The van der Waals surface area contributed by atoms with Gasteiger partial charge in [0, 0.05) is 31.7 Å². The number of pyridine rings is 1. The molecule has 1 N–H and O–H groups in total. The summed E-state index contributed by atoms with van der Waals surface area (Å²) in [5, 5.41) is 5.36. The number of anilines is 1. The summed E-state index contributed by atoms with van der Waals surface area (Å²) in [6.07, 6.45) is 2.40. The first-order valence-electron chi connectivity index (χ1n) is 6.23. The van der Waals surface area contributed by atoms with Gasteiger partial charge in [0.15, 0.2) is 0 Å². The summed E-state index contributed by atoms with van der Waals surface area (Å²) in [4.78, 5) is 19.3. The molecule has 0 aliphatic rings. The number of halogens is 1. The smallest absolute Gasteiger partial charge is 0.255 e. The fraction of sp³-hybridized carbons (Fsp3) is 0.286. The van der Waals surface area contributed by atoms with E-state index in [4.69, 9.17) is 11.6 Å². The summed E-state index contributed by atoms with van der Waals surface area (Å²) in [6.45, 7) is 0.671. The molecule has 0 radical (unpaired) electrons. The zero-order valence-corrected chi connectivity index (χ0v) is 13.0. The van der Waals surface area contributed by atoms with Crippen molar-refractivity contribution >= 4 is 34.7 Å². The van der Waals surface area contributed by atoms with Gasteiger partial charge in [-0.3, -0.25) is 4.79 Å². The lowest BCUT2D eigenvalue weighted by Crippen LogP contribution is -2.28. The van der Waals surface area contributed by atoms with Crippen LogP contribution < -0.4 is 5.32 Å². The van der Waals surface area contributed by atoms with Crippen LogP contribution >= 0.6 is 22.9 Å². The zero-order valence-electron chi connectivity index (χ0n) is 11.4. The minimum absolute atomic E-state index is 0.0707. The van der Waals surface area contributed by atoms with E-state index in [1.54, 1.807) is 42.6 Å². The van der Waals surface area contributed by atoms with Gasteiger partial charge in [-0.05, 0) is 23.9 Å². The molecular formula is C14H16ClN3OS. The summed E-state index contributed by atoms with van der Waals surface area (Å²) in [7, 11) is 3.53. The Kier molecular flexibility index (Phi) is 4.98. The van der Waals surface area contributed by atoms with E-state index < -0.39 is 0 Å². The Morgan fingerprint density at radius 2 is 2.35 bits per heavy atom. The van der Waals surface area contributed by atoms with Crippen LogP contribution in [0.15, 0.2) is 29.8 Å². The Bertz CT molecular complexity index is 586. The highest BCUT2D eigenvalue weighted by molar-refractivity contribution is 7.09. The molecule has 0 aromatic carbocycles. The van der Waals surface area contributed by atoms with Crippen LogP contribution in [0.2, 0.25) is 5.02 Å². The predicted molar refractivity (Wildman–Crippen MR) is 83.8 cm³/mol. The number of thiophene rings is 1. The third-order valence-corrected chi connectivity index (χ3v) is 4.17. The lowest BCUT2D eigenvalue weighted by molar-refractivity contribution is 0.0796. The van der Waals surface area contributed by atoms with E-state index in [1.807, 2.05) is 11.4 Å². The van der Waals surface area contributed by atoms with E-state index in [0.717, 1.165) is 6.42 Å². The predicted octanol–water partition coefficient (Wildman–Crippen LogP) is 3.15. The van der Waals surface area contributed by atoms with E-state index in [2.05, 4.69) is 16.4 Å². The van der Waals surface area contributed by atoms with Crippen LogP contribution in [0, 0.1) is 0 Å². The fourth-order valence-corrected chi connectivity index (χ4v) is 2.75. The molecule has 0 aliphatic heterocycles. The summed E-state index contributed by atoms with van der Waals surface area (Å²) >= 11 is 7.74. The van der Waals surface area contributed by atoms with Gasteiger partial charge in [0.2, 0.25) is 0 Å². The van der Waals surface area contributed by atoms with Crippen molar-refractivity contribution in [2.45, 2.75) is 6.42 Å². The highest BCUT2D eigenvalue weighted by Crippen LogP contribution is 2.20. The van der Waals surface area contributed by atoms with Crippen molar-refractivity contribution in [3.63, 3.8) is 0 Å². The molecule has 106 valence electrons. The van der Waals surface area contributed by atoms with Gasteiger partial charge in [0.1, 0.15) is 5.82 Å². The van der Waals surface area contributed by atoms with Crippen LogP contribution in [0.5, 0.6) is 0 Å². The fourth-order valence-electron chi connectivity index (χ4n) is 1.79. The monoisotopic (exact) mass is 309 g/mol. The third kappa shape index (κ3) is 3.49. The normalized spacial score (nSPS) is 10.3. The van der Waals surface area contributed by atoms with Gasteiger partial charge in [-0.1, -0.05) is 17.7 Å². The molecule has 0 unspecified atom stereocenters. The van der Waals surface area contributed by atoms with Crippen molar-refractivity contribution in [1.29, 1.82) is 0 Å². The molecule has 0 spiro atoms. The van der Waals surface area contributed by atoms with E-state index >= 15 is 0 Å². The first kappa shape index (κ1) is 14.8. The number of hydrogen-bond acceptors (Lipinski definition) is 4. The van der Waals surface area contributed by atoms with E-state index in [0.29, 0.717) is 22.9 Å². The summed E-state index contributed by atoms with van der Waals surface area (Å²) in [5.74, 6) is 0.503. The first-order chi connectivity index (χ1) is 9.61. The number of aromatic nitrogens is 1. The highest BCUT2D eigenvalue weighted by atomic mass is 35.5. The maximum Gasteiger partial charge on any atom is 0.255 e. The van der Waals surface area contributed by atoms with Crippen molar-refractivity contribution in [2.75, 3.05) is 26.0 Å². The Morgan fingerprint density at radius 3 is 2.95 bits per heavy atom. The molecule has 6 heteroatoms. The number of likely N-dealkylation sites (N-methyl/N-ethyl adjacent to an activating group) is 1. The van der Waals surface area contributed by atoms with Gasteiger partial charge in [-0.25, -0.2) is 4.98 Å². The molecule has 4 nitrogen and oxygen atoms in total. The topological polar surface area (TPSA) is 45.2 Å². The molecule has 1 amide bonds.